The molecule has 106 valence electrons. The van der Waals surface area contributed by atoms with E-state index < -0.39 is 17.5 Å². The number of aromatic nitrogens is 3. The minimum absolute atomic E-state index is 0.0741. The van der Waals surface area contributed by atoms with Crippen LogP contribution in [-0.2, 0) is 13.2 Å². The molecule has 9 heteroatoms. The molecule has 20 heavy (non-hydrogen) atoms. The van der Waals surface area contributed by atoms with Gasteiger partial charge in [-0.3, -0.25) is 4.79 Å². The lowest BCUT2D eigenvalue weighted by Crippen LogP contribution is -2.12. The highest BCUT2D eigenvalue weighted by Gasteiger charge is 2.32. The van der Waals surface area contributed by atoms with Crippen LogP contribution in [-0.4, -0.2) is 20.8 Å². The number of alkyl halides is 3. The van der Waals surface area contributed by atoms with E-state index in [1.165, 1.54) is 17.8 Å². The molecule has 0 unspecified atom stereocenters. The van der Waals surface area contributed by atoms with Crippen LogP contribution >= 0.6 is 31.9 Å². The van der Waals surface area contributed by atoms with Gasteiger partial charge in [-0.1, -0.05) is 21.1 Å². The molecule has 0 bridgehead atoms. The highest BCUT2D eigenvalue weighted by atomic mass is 79.9. The van der Waals surface area contributed by atoms with Crippen LogP contribution in [0.15, 0.2) is 27.3 Å². The molecule has 0 aliphatic rings. The number of carbonyl (C=O) groups excluding carboxylic acids is 1. The third-order valence-corrected chi connectivity index (χ3v) is 3.76. The first kappa shape index (κ1) is 15.2. The van der Waals surface area contributed by atoms with Crippen molar-refractivity contribution < 1.29 is 18.0 Å². The van der Waals surface area contributed by atoms with Crippen molar-refractivity contribution in [2.75, 3.05) is 0 Å². The maximum Gasteiger partial charge on any atom is 0.416 e. The van der Waals surface area contributed by atoms with Gasteiger partial charge in [-0.25, -0.2) is 4.68 Å². The minimum atomic E-state index is -4.52. The summed E-state index contributed by atoms with van der Waals surface area (Å²) >= 11 is 6.12. The summed E-state index contributed by atoms with van der Waals surface area (Å²) in [6, 6.07) is 2.89. The molecule has 2 aromatic rings. The summed E-state index contributed by atoms with van der Waals surface area (Å²) < 4.78 is 39.7. The van der Waals surface area contributed by atoms with Crippen LogP contribution in [0.4, 0.5) is 13.2 Å². The third-order valence-electron chi connectivity index (χ3n) is 2.54. The van der Waals surface area contributed by atoms with Crippen molar-refractivity contribution in [1.82, 2.24) is 15.0 Å². The van der Waals surface area contributed by atoms with Gasteiger partial charge in [0, 0.05) is 17.1 Å². The Morgan fingerprint density at radius 3 is 2.45 bits per heavy atom. The SMILES string of the molecule is Cn1nnc(Br)c1C(=O)c1cc(C(F)(F)F)ccc1Br. The number of ketones is 1. The van der Waals surface area contributed by atoms with Crippen molar-refractivity contribution in [2.24, 2.45) is 7.05 Å². The van der Waals surface area contributed by atoms with Gasteiger partial charge in [0.05, 0.1) is 5.56 Å². The Hall–Kier alpha value is -1.22. The Kier molecular flexibility index (Phi) is 4.01. The van der Waals surface area contributed by atoms with Gasteiger partial charge in [0.25, 0.3) is 0 Å². The van der Waals surface area contributed by atoms with Gasteiger partial charge in [-0.15, -0.1) is 5.10 Å². The molecule has 1 heterocycles. The van der Waals surface area contributed by atoms with E-state index in [1.54, 1.807) is 0 Å². The van der Waals surface area contributed by atoms with Gasteiger partial charge < -0.3 is 0 Å². The van der Waals surface area contributed by atoms with E-state index in [0.717, 1.165) is 12.1 Å². The summed E-state index contributed by atoms with van der Waals surface area (Å²) in [5.41, 5.74) is -0.925. The number of hydrogen-bond acceptors (Lipinski definition) is 3. The zero-order valence-corrected chi connectivity index (χ0v) is 13.0. The third kappa shape index (κ3) is 2.78. The monoisotopic (exact) mass is 411 g/mol. The number of hydrogen-bond donors (Lipinski definition) is 0. The van der Waals surface area contributed by atoms with E-state index >= 15 is 0 Å². The molecule has 0 amide bonds. The first-order chi connectivity index (χ1) is 9.21. The van der Waals surface area contributed by atoms with Gasteiger partial charge in [0.15, 0.2) is 4.60 Å². The molecule has 0 atom stereocenters. The number of rotatable bonds is 2. The van der Waals surface area contributed by atoms with Gasteiger partial charge in [0.2, 0.25) is 5.78 Å². The second-order valence-electron chi connectivity index (χ2n) is 3.87. The van der Waals surface area contributed by atoms with Crippen molar-refractivity contribution in [1.29, 1.82) is 0 Å². The Labute approximate surface area is 128 Å². The summed E-state index contributed by atoms with van der Waals surface area (Å²) in [5.74, 6) is -0.609. The lowest BCUT2D eigenvalue weighted by molar-refractivity contribution is -0.137. The van der Waals surface area contributed by atoms with E-state index in [1.807, 2.05) is 0 Å². The smallest absolute Gasteiger partial charge is 0.287 e. The fourth-order valence-corrected chi connectivity index (χ4v) is 2.51. The fraction of sp³-hybridized carbons (Fsp3) is 0.182. The maximum absolute atomic E-state index is 12.7. The normalized spacial score (nSPS) is 11.7. The number of aryl methyl sites for hydroxylation is 1. The predicted octanol–water partition coefficient (Wildman–Crippen LogP) is 3.59. The van der Waals surface area contributed by atoms with E-state index in [2.05, 4.69) is 42.2 Å². The van der Waals surface area contributed by atoms with Crippen molar-refractivity contribution in [3.63, 3.8) is 0 Å². The quantitative estimate of drug-likeness (QED) is 0.708. The lowest BCUT2D eigenvalue weighted by Gasteiger charge is -2.10. The van der Waals surface area contributed by atoms with Crippen LogP contribution in [0.25, 0.3) is 0 Å². The number of benzene rings is 1. The van der Waals surface area contributed by atoms with E-state index in [0.29, 0.717) is 0 Å². The summed E-state index contributed by atoms with van der Waals surface area (Å²) in [6.07, 6.45) is -4.52. The van der Waals surface area contributed by atoms with Crippen LogP contribution < -0.4 is 0 Å². The van der Waals surface area contributed by atoms with Gasteiger partial charge in [-0.2, -0.15) is 13.2 Å². The predicted molar refractivity (Wildman–Crippen MR) is 71.3 cm³/mol. The molecule has 0 saturated carbocycles. The van der Waals surface area contributed by atoms with Gasteiger partial charge in [0.1, 0.15) is 5.69 Å². The molecule has 4 nitrogen and oxygen atoms in total. The second-order valence-corrected chi connectivity index (χ2v) is 5.48. The van der Waals surface area contributed by atoms with Crippen molar-refractivity contribution >= 4 is 37.6 Å². The first-order valence-electron chi connectivity index (χ1n) is 5.18. The molecule has 0 spiro atoms. The Balaban J connectivity index is 2.55. The average molecular weight is 413 g/mol. The molecule has 0 saturated heterocycles. The molecule has 0 fully saturated rings. The minimum Gasteiger partial charge on any atom is -0.287 e. The zero-order chi connectivity index (χ0) is 15.1. The van der Waals surface area contributed by atoms with Crippen molar-refractivity contribution in [2.45, 2.75) is 6.18 Å². The van der Waals surface area contributed by atoms with Gasteiger partial charge in [-0.05, 0) is 34.1 Å². The lowest BCUT2D eigenvalue weighted by atomic mass is 10.1. The molecule has 1 aromatic carbocycles. The Morgan fingerprint density at radius 1 is 1.30 bits per heavy atom. The van der Waals surface area contributed by atoms with Crippen LogP contribution in [0.3, 0.4) is 0 Å². The standard InChI is InChI=1S/C11H6Br2F3N3O/c1-19-8(10(13)17-18-19)9(20)6-4-5(11(14,15)16)2-3-7(6)12/h2-4H,1H3. The fourth-order valence-electron chi connectivity index (χ4n) is 1.58. The second kappa shape index (κ2) is 5.28. The average Bonchev–Trinajstić information content (AvgIpc) is 2.67. The summed E-state index contributed by atoms with van der Waals surface area (Å²) in [5, 5.41) is 7.26. The Morgan fingerprint density at radius 2 is 1.95 bits per heavy atom. The summed E-state index contributed by atoms with van der Waals surface area (Å²) in [6.45, 7) is 0. The molecular formula is C11H6Br2F3N3O. The molecular weight excluding hydrogens is 407 g/mol. The van der Waals surface area contributed by atoms with Crippen LogP contribution in [0, 0.1) is 0 Å². The highest BCUT2D eigenvalue weighted by Crippen LogP contribution is 2.33. The van der Waals surface area contributed by atoms with E-state index in [4.69, 9.17) is 0 Å². The highest BCUT2D eigenvalue weighted by molar-refractivity contribution is 9.10. The zero-order valence-electron chi connectivity index (χ0n) is 9.87. The van der Waals surface area contributed by atoms with Crippen LogP contribution in [0.2, 0.25) is 0 Å². The van der Waals surface area contributed by atoms with Crippen LogP contribution in [0.5, 0.6) is 0 Å². The largest absolute Gasteiger partial charge is 0.416 e. The topological polar surface area (TPSA) is 47.8 Å². The molecule has 0 radical (unpaired) electrons. The molecule has 0 aliphatic carbocycles. The van der Waals surface area contributed by atoms with E-state index in [-0.39, 0.29) is 20.3 Å². The number of carbonyl (C=O) groups is 1. The number of halogens is 5. The summed E-state index contributed by atoms with van der Waals surface area (Å²) in [4.78, 5) is 12.3. The number of nitrogens with zero attached hydrogens (tertiary/aromatic N) is 3. The van der Waals surface area contributed by atoms with Crippen LogP contribution in [0.1, 0.15) is 21.6 Å². The van der Waals surface area contributed by atoms with Gasteiger partial charge >= 0.3 is 6.18 Å². The first-order valence-corrected chi connectivity index (χ1v) is 6.77. The molecule has 2 rings (SSSR count). The van der Waals surface area contributed by atoms with Crippen molar-refractivity contribution in [3.8, 4) is 0 Å². The van der Waals surface area contributed by atoms with Crippen molar-refractivity contribution in [3.05, 3.63) is 44.1 Å². The molecule has 1 aromatic heterocycles. The van der Waals surface area contributed by atoms with E-state index in [9.17, 15) is 18.0 Å². The molecule has 0 N–H and O–H groups in total. The summed E-state index contributed by atoms with van der Waals surface area (Å²) in [7, 11) is 1.48. The molecule has 0 aliphatic heterocycles. The Bertz CT molecular complexity index is 663. The maximum atomic E-state index is 12.7.